The van der Waals surface area contributed by atoms with Crippen LogP contribution in [0.4, 0.5) is 11.4 Å². The molecule has 0 saturated heterocycles. The Kier molecular flexibility index (Phi) is 6.08. The molecule has 1 aliphatic heterocycles. The smallest absolute Gasteiger partial charge is 0.256 e. The molecule has 192 valence electrons. The molecule has 38 heavy (non-hydrogen) atoms. The molecular weight excluding hydrogens is 484 g/mol. The first-order valence-corrected chi connectivity index (χ1v) is 11.8. The Hall–Kier alpha value is -5.12. The van der Waals surface area contributed by atoms with Crippen LogP contribution >= 0.6 is 0 Å². The van der Waals surface area contributed by atoms with Crippen LogP contribution in [0.25, 0.3) is 22.0 Å². The van der Waals surface area contributed by atoms with Crippen molar-refractivity contribution in [2.45, 2.75) is 6.54 Å². The zero-order valence-electron chi connectivity index (χ0n) is 20.9. The third-order valence-corrected chi connectivity index (χ3v) is 6.68. The van der Waals surface area contributed by atoms with Gasteiger partial charge in [-0.1, -0.05) is 18.7 Å². The van der Waals surface area contributed by atoms with Crippen LogP contribution in [0.2, 0.25) is 0 Å². The number of hydrogen-bond donors (Lipinski definition) is 3. The molecule has 0 atom stereocenters. The lowest BCUT2D eigenvalue weighted by Gasteiger charge is -2.16. The summed E-state index contributed by atoms with van der Waals surface area (Å²) in [6, 6.07) is 14.3. The molecule has 0 radical (unpaired) electrons. The lowest BCUT2D eigenvalue weighted by atomic mass is 9.93. The lowest BCUT2D eigenvalue weighted by Crippen LogP contribution is -2.30. The number of nitrogens with two attached hydrogens (primary N) is 2. The first-order valence-electron chi connectivity index (χ1n) is 11.8. The van der Waals surface area contributed by atoms with Crippen molar-refractivity contribution in [3.8, 4) is 16.9 Å². The number of amides is 3. The number of benzene rings is 3. The average molecular weight is 511 g/mol. The van der Waals surface area contributed by atoms with Gasteiger partial charge in [-0.2, -0.15) is 5.10 Å². The summed E-state index contributed by atoms with van der Waals surface area (Å²) in [5, 5.41) is 7.96. The number of anilines is 2. The molecule has 0 fully saturated rings. The number of carbonyl (C=O) groups is 3. The van der Waals surface area contributed by atoms with E-state index in [0.717, 1.165) is 16.6 Å². The standard InChI is InChI=1S/C28H26N6O4/c1-15(26(30)35)13-34-14-22-19(7-8-23(29)25(22)28(34)37)16-9-20(21-12-31-33(2)24(21)10-16)27(36)32-17-5-4-6-18(11-17)38-3/h4-12H,1,13-14,29H2,2-3H3,(H2,30,35)(H,32,36). The summed E-state index contributed by atoms with van der Waals surface area (Å²) in [4.78, 5) is 39.7. The maximum atomic E-state index is 13.5. The fourth-order valence-electron chi connectivity index (χ4n) is 4.70. The number of fused-ring (bicyclic) bond motifs is 2. The molecular formula is C28H26N6O4. The molecule has 10 nitrogen and oxygen atoms in total. The number of primary amides is 1. The lowest BCUT2D eigenvalue weighted by molar-refractivity contribution is -0.114. The average Bonchev–Trinajstić information content (AvgIpc) is 3.43. The van der Waals surface area contributed by atoms with E-state index in [1.807, 2.05) is 12.1 Å². The highest BCUT2D eigenvalue weighted by Gasteiger charge is 2.33. The number of nitrogens with one attached hydrogen (secondary N) is 1. The molecule has 0 saturated carbocycles. The van der Waals surface area contributed by atoms with Crippen LogP contribution in [0.15, 0.2) is 66.9 Å². The van der Waals surface area contributed by atoms with Gasteiger partial charge in [0.25, 0.3) is 11.8 Å². The van der Waals surface area contributed by atoms with Crippen molar-refractivity contribution in [1.82, 2.24) is 14.7 Å². The Labute approximate surface area is 218 Å². The molecule has 5 rings (SSSR count). The van der Waals surface area contributed by atoms with Crippen molar-refractivity contribution in [3.05, 3.63) is 83.6 Å². The summed E-state index contributed by atoms with van der Waals surface area (Å²) in [6.45, 7) is 3.89. The van der Waals surface area contributed by atoms with E-state index in [0.29, 0.717) is 39.2 Å². The van der Waals surface area contributed by atoms with Crippen LogP contribution in [-0.4, -0.2) is 46.1 Å². The molecule has 10 heteroatoms. The number of aryl methyl sites for hydroxylation is 1. The highest BCUT2D eigenvalue weighted by molar-refractivity contribution is 6.14. The zero-order chi connectivity index (χ0) is 27.1. The Morgan fingerprint density at radius 2 is 1.97 bits per heavy atom. The second-order valence-electron chi connectivity index (χ2n) is 9.10. The van der Waals surface area contributed by atoms with Crippen LogP contribution in [0.5, 0.6) is 5.75 Å². The second-order valence-corrected chi connectivity index (χ2v) is 9.10. The highest BCUT2D eigenvalue weighted by atomic mass is 16.5. The van der Waals surface area contributed by atoms with E-state index in [9.17, 15) is 14.4 Å². The molecule has 5 N–H and O–H groups in total. The minimum absolute atomic E-state index is 0.00329. The third kappa shape index (κ3) is 4.21. The summed E-state index contributed by atoms with van der Waals surface area (Å²) in [5.41, 5.74) is 16.3. The number of nitrogen functional groups attached to an aromatic ring is 1. The van der Waals surface area contributed by atoms with Gasteiger partial charge in [0.1, 0.15) is 5.75 Å². The molecule has 0 aliphatic carbocycles. The number of methoxy groups -OCH3 is 1. The topological polar surface area (TPSA) is 146 Å². The molecule has 2 heterocycles. The minimum atomic E-state index is -0.671. The van der Waals surface area contributed by atoms with E-state index in [2.05, 4.69) is 17.0 Å². The van der Waals surface area contributed by atoms with Crippen molar-refractivity contribution in [1.29, 1.82) is 0 Å². The van der Waals surface area contributed by atoms with Crippen molar-refractivity contribution in [2.75, 3.05) is 24.7 Å². The summed E-state index contributed by atoms with van der Waals surface area (Å²) < 4.78 is 6.95. The van der Waals surface area contributed by atoms with Crippen molar-refractivity contribution in [3.63, 3.8) is 0 Å². The van der Waals surface area contributed by atoms with Crippen LogP contribution in [0.1, 0.15) is 26.3 Å². The van der Waals surface area contributed by atoms with Gasteiger partial charge in [0.2, 0.25) is 5.91 Å². The van der Waals surface area contributed by atoms with Gasteiger partial charge in [-0.25, -0.2) is 0 Å². The molecule has 1 aromatic heterocycles. The third-order valence-electron chi connectivity index (χ3n) is 6.68. The van der Waals surface area contributed by atoms with E-state index in [4.69, 9.17) is 16.2 Å². The summed E-state index contributed by atoms with van der Waals surface area (Å²) >= 11 is 0. The maximum Gasteiger partial charge on any atom is 0.256 e. The van der Waals surface area contributed by atoms with Gasteiger partial charge in [0, 0.05) is 42.0 Å². The van der Waals surface area contributed by atoms with Gasteiger partial charge in [-0.05, 0) is 47.0 Å². The normalized spacial score (nSPS) is 12.5. The van der Waals surface area contributed by atoms with Crippen molar-refractivity contribution >= 4 is 40.0 Å². The minimum Gasteiger partial charge on any atom is -0.497 e. The van der Waals surface area contributed by atoms with Gasteiger partial charge < -0.3 is 26.4 Å². The van der Waals surface area contributed by atoms with Crippen LogP contribution in [-0.2, 0) is 18.4 Å². The summed E-state index contributed by atoms with van der Waals surface area (Å²) in [7, 11) is 3.36. The highest BCUT2D eigenvalue weighted by Crippen LogP contribution is 2.38. The monoisotopic (exact) mass is 510 g/mol. The number of ether oxygens (including phenoxy) is 1. The Bertz CT molecular complexity index is 1650. The van der Waals surface area contributed by atoms with Gasteiger partial charge in [-0.3, -0.25) is 19.1 Å². The molecule has 0 bridgehead atoms. The summed E-state index contributed by atoms with van der Waals surface area (Å²) in [6.07, 6.45) is 1.65. The van der Waals surface area contributed by atoms with E-state index >= 15 is 0 Å². The Morgan fingerprint density at radius 1 is 1.18 bits per heavy atom. The molecule has 0 spiro atoms. The van der Waals surface area contributed by atoms with E-state index in [1.54, 1.807) is 61.4 Å². The van der Waals surface area contributed by atoms with Gasteiger partial charge in [0.15, 0.2) is 0 Å². The number of aromatic nitrogens is 2. The molecule has 4 aromatic rings. The Balaban J connectivity index is 1.59. The van der Waals surface area contributed by atoms with Gasteiger partial charge in [-0.15, -0.1) is 0 Å². The van der Waals surface area contributed by atoms with Crippen molar-refractivity contribution < 1.29 is 19.1 Å². The number of nitrogens with zero attached hydrogens (tertiary/aromatic N) is 3. The SMILES string of the molecule is C=C(CN1Cc2c(-c3cc(C(=O)Nc4cccc(OC)c4)c4cnn(C)c4c3)ccc(N)c2C1=O)C(N)=O. The zero-order valence-corrected chi connectivity index (χ0v) is 20.9. The van der Waals surface area contributed by atoms with Crippen molar-refractivity contribution in [2.24, 2.45) is 12.8 Å². The van der Waals surface area contributed by atoms with E-state index in [-0.39, 0.29) is 30.5 Å². The predicted molar refractivity (Wildman–Crippen MR) is 145 cm³/mol. The molecule has 3 aromatic carbocycles. The van der Waals surface area contributed by atoms with Crippen LogP contribution in [0.3, 0.4) is 0 Å². The maximum absolute atomic E-state index is 13.5. The first-order chi connectivity index (χ1) is 18.2. The first kappa shape index (κ1) is 24.6. The van der Waals surface area contributed by atoms with E-state index in [1.165, 1.54) is 4.90 Å². The van der Waals surface area contributed by atoms with E-state index < -0.39 is 5.91 Å². The van der Waals surface area contributed by atoms with Crippen LogP contribution < -0.4 is 21.5 Å². The Morgan fingerprint density at radius 3 is 2.71 bits per heavy atom. The molecule has 3 amide bonds. The second kappa shape index (κ2) is 9.40. The largest absolute Gasteiger partial charge is 0.497 e. The fourth-order valence-corrected chi connectivity index (χ4v) is 4.70. The molecule has 1 aliphatic rings. The van der Waals surface area contributed by atoms with Crippen LogP contribution in [0, 0.1) is 0 Å². The van der Waals surface area contributed by atoms with Gasteiger partial charge in [0.05, 0.1) is 36.5 Å². The summed E-state index contributed by atoms with van der Waals surface area (Å²) in [5.74, 6) is -0.677. The number of hydrogen-bond acceptors (Lipinski definition) is 6. The number of carbonyl (C=O) groups excluding carboxylic acids is 3. The fraction of sp³-hybridized carbons (Fsp3) is 0.143. The molecule has 0 unspecified atom stereocenters. The quantitative estimate of drug-likeness (QED) is 0.257. The number of rotatable bonds is 7. The predicted octanol–water partition coefficient (Wildman–Crippen LogP) is 3.08. The van der Waals surface area contributed by atoms with Gasteiger partial charge >= 0.3 is 0 Å².